The molecule has 0 saturated heterocycles. The van der Waals surface area contributed by atoms with Crippen molar-refractivity contribution in [1.82, 2.24) is 0 Å². The Morgan fingerprint density at radius 2 is 1.38 bits per heavy atom. The summed E-state index contributed by atoms with van der Waals surface area (Å²) in [4.78, 5) is 15.2. The van der Waals surface area contributed by atoms with Gasteiger partial charge in [-0.25, -0.2) is 0 Å². The van der Waals surface area contributed by atoms with Crippen molar-refractivity contribution in [3.63, 3.8) is 0 Å². The van der Waals surface area contributed by atoms with Crippen LogP contribution in [0.15, 0.2) is 78.9 Å². The second-order valence-corrected chi connectivity index (χ2v) is 7.79. The fourth-order valence-electron chi connectivity index (χ4n) is 4.25. The molecule has 0 heterocycles. The third-order valence-corrected chi connectivity index (χ3v) is 5.92. The smallest absolute Gasteiger partial charge is 0.253 e. The zero-order chi connectivity index (χ0) is 23.0. The molecule has 0 aliphatic heterocycles. The monoisotopic (exact) mass is 426 g/mol. The zero-order valence-corrected chi connectivity index (χ0v) is 19.0. The van der Waals surface area contributed by atoms with Gasteiger partial charge in [0.05, 0.1) is 18.3 Å². The number of aryl methyl sites for hydroxylation is 2. The third kappa shape index (κ3) is 4.59. The van der Waals surface area contributed by atoms with Gasteiger partial charge in [0.2, 0.25) is 0 Å². The molecular formula is C28H30N2O2. The maximum Gasteiger partial charge on any atom is 0.253 e. The van der Waals surface area contributed by atoms with Crippen molar-refractivity contribution >= 4 is 11.6 Å². The maximum absolute atomic E-state index is 13.4. The molecule has 164 valence electrons. The molecule has 0 saturated carbocycles. The van der Waals surface area contributed by atoms with E-state index in [1.165, 1.54) is 7.11 Å². The van der Waals surface area contributed by atoms with Crippen LogP contribution in [0.5, 0.6) is 0 Å². The lowest BCUT2D eigenvalue weighted by Crippen LogP contribution is -2.46. The average molecular weight is 427 g/mol. The molecule has 3 aromatic carbocycles. The molecule has 0 aliphatic rings. The first-order valence-corrected chi connectivity index (χ1v) is 11.0. The minimum absolute atomic E-state index is 0.0493. The van der Waals surface area contributed by atoms with Gasteiger partial charge in [-0.15, -0.1) is 0 Å². The van der Waals surface area contributed by atoms with E-state index >= 15 is 0 Å². The molecule has 0 unspecified atom stereocenters. The van der Waals surface area contributed by atoms with Crippen molar-refractivity contribution in [2.75, 3.05) is 25.2 Å². The largest absolute Gasteiger partial charge is 0.375 e. The van der Waals surface area contributed by atoms with Crippen LogP contribution in [0.4, 0.5) is 5.69 Å². The molecule has 3 aromatic rings. The number of carbonyl (C=O) groups excluding carboxylic acids is 1. The lowest BCUT2D eigenvalue weighted by Gasteiger charge is -2.36. The fourth-order valence-corrected chi connectivity index (χ4v) is 4.25. The molecule has 1 amide bonds. The number of anilines is 1. The molecule has 0 atom stereocenters. The molecular weight excluding hydrogens is 396 g/mol. The average Bonchev–Trinajstić information content (AvgIpc) is 2.86. The molecule has 3 rings (SSSR count). The zero-order valence-electron chi connectivity index (χ0n) is 19.0. The number of carbonyl (C=O) groups is 1. The Kier molecular flexibility index (Phi) is 7.81. The highest BCUT2D eigenvalue weighted by Gasteiger charge is 2.39. The quantitative estimate of drug-likeness (QED) is 0.466. The van der Waals surface area contributed by atoms with Gasteiger partial charge in [0, 0.05) is 7.11 Å². The van der Waals surface area contributed by atoms with E-state index < -0.39 is 5.41 Å². The van der Waals surface area contributed by atoms with Crippen LogP contribution in [0.2, 0.25) is 0 Å². The highest BCUT2D eigenvalue weighted by atomic mass is 16.5. The summed E-state index contributed by atoms with van der Waals surface area (Å²) in [7, 11) is 1.52. The van der Waals surface area contributed by atoms with Crippen molar-refractivity contribution in [1.29, 1.82) is 5.26 Å². The van der Waals surface area contributed by atoms with E-state index in [-0.39, 0.29) is 19.1 Å². The number of nitrogens with zero attached hydrogens (tertiary/aromatic N) is 2. The minimum Gasteiger partial charge on any atom is -0.375 e. The Morgan fingerprint density at radius 1 is 0.875 bits per heavy atom. The maximum atomic E-state index is 13.4. The van der Waals surface area contributed by atoms with Gasteiger partial charge in [-0.3, -0.25) is 4.79 Å². The van der Waals surface area contributed by atoms with Crippen LogP contribution in [-0.2, 0) is 27.8 Å². The minimum atomic E-state index is -1.03. The van der Waals surface area contributed by atoms with Crippen molar-refractivity contribution < 1.29 is 9.53 Å². The second-order valence-electron chi connectivity index (χ2n) is 7.79. The lowest BCUT2D eigenvalue weighted by molar-refractivity contribution is -0.122. The van der Waals surface area contributed by atoms with Gasteiger partial charge < -0.3 is 9.64 Å². The Labute approximate surface area is 191 Å². The topological polar surface area (TPSA) is 53.3 Å². The summed E-state index contributed by atoms with van der Waals surface area (Å²) in [5, 5.41) is 10.6. The first-order valence-electron chi connectivity index (χ1n) is 11.0. The lowest BCUT2D eigenvalue weighted by atomic mass is 9.75. The van der Waals surface area contributed by atoms with Crippen LogP contribution < -0.4 is 4.90 Å². The summed E-state index contributed by atoms with van der Waals surface area (Å²) in [5.74, 6) is -0.158. The second kappa shape index (κ2) is 10.7. The van der Waals surface area contributed by atoms with E-state index in [9.17, 15) is 10.1 Å². The first kappa shape index (κ1) is 23.2. The molecule has 0 N–H and O–H groups in total. The van der Waals surface area contributed by atoms with Gasteiger partial charge >= 0.3 is 0 Å². The van der Waals surface area contributed by atoms with E-state index in [0.717, 1.165) is 40.8 Å². The van der Waals surface area contributed by atoms with Crippen LogP contribution >= 0.6 is 0 Å². The predicted octanol–water partition coefficient (Wildman–Crippen LogP) is 5.30. The Morgan fingerprint density at radius 3 is 1.78 bits per heavy atom. The van der Waals surface area contributed by atoms with Crippen LogP contribution in [-0.4, -0.2) is 26.2 Å². The number of benzene rings is 3. The molecule has 0 aromatic heterocycles. The summed E-state index contributed by atoms with van der Waals surface area (Å²) in [6, 6.07) is 28.2. The van der Waals surface area contributed by atoms with Gasteiger partial charge in [0.1, 0.15) is 12.0 Å². The predicted molar refractivity (Wildman–Crippen MR) is 129 cm³/mol. The van der Waals surface area contributed by atoms with Crippen LogP contribution in [0, 0.1) is 11.3 Å². The SMILES string of the molecule is CCc1cccc(CC)c1N(CC(C#N)(c1ccccc1)c1ccccc1)C(=O)COC. The highest BCUT2D eigenvalue weighted by Crippen LogP contribution is 2.36. The number of nitriles is 1. The van der Waals surface area contributed by atoms with Crippen molar-refractivity contribution in [2.45, 2.75) is 32.1 Å². The standard InChI is InChI=1S/C28H30N2O2/c1-4-22-13-12-14-23(5-2)27(22)30(26(31)19-32-3)21-28(20-29,24-15-8-6-9-16-24)25-17-10-7-11-18-25/h6-18H,4-5,19,21H2,1-3H3. The van der Waals surface area contributed by atoms with Crippen LogP contribution in [0.3, 0.4) is 0 Å². The highest BCUT2D eigenvalue weighted by molar-refractivity contribution is 5.96. The molecule has 0 radical (unpaired) electrons. The van der Waals surface area contributed by atoms with Gasteiger partial charge in [-0.05, 0) is 35.1 Å². The number of amides is 1. The van der Waals surface area contributed by atoms with E-state index in [4.69, 9.17) is 4.74 Å². The molecule has 0 spiro atoms. The molecule has 4 nitrogen and oxygen atoms in total. The number of para-hydroxylation sites is 1. The summed E-state index contributed by atoms with van der Waals surface area (Å²) < 4.78 is 5.24. The Balaban J connectivity index is 2.25. The Hall–Kier alpha value is -3.42. The molecule has 0 bridgehead atoms. The normalized spacial score (nSPS) is 11.1. The van der Waals surface area contributed by atoms with Gasteiger partial charge in [-0.2, -0.15) is 5.26 Å². The number of hydrogen-bond acceptors (Lipinski definition) is 3. The van der Waals surface area contributed by atoms with E-state index in [1.807, 2.05) is 66.7 Å². The van der Waals surface area contributed by atoms with Gasteiger partial charge in [0.25, 0.3) is 5.91 Å². The van der Waals surface area contributed by atoms with Crippen molar-refractivity contribution in [3.8, 4) is 6.07 Å². The summed E-state index contributed by atoms with van der Waals surface area (Å²) in [5.41, 5.74) is 3.75. The van der Waals surface area contributed by atoms with E-state index in [0.29, 0.717) is 0 Å². The van der Waals surface area contributed by atoms with E-state index in [2.05, 4.69) is 32.0 Å². The number of methoxy groups -OCH3 is 1. The summed E-state index contributed by atoms with van der Waals surface area (Å²) in [6.07, 6.45) is 1.58. The summed E-state index contributed by atoms with van der Waals surface area (Å²) in [6.45, 7) is 4.32. The summed E-state index contributed by atoms with van der Waals surface area (Å²) >= 11 is 0. The van der Waals surface area contributed by atoms with Crippen LogP contribution in [0.25, 0.3) is 0 Å². The van der Waals surface area contributed by atoms with E-state index in [1.54, 1.807) is 4.90 Å². The third-order valence-electron chi connectivity index (χ3n) is 5.92. The Bertz CT molecular complexity index is 1010. The number of rotatable bonds is 9. The van der Waals surface area contributed by atoms with Gasteiger partial charge in [-0.1, -0.05) is 92.7 Å². The van der Waals surface area contributed by atoms with Crippen molar-refractivity contribution in [3.05, 3.63) is 101 Å². The molecule has 0 fully saturated rings. The molecule has 4 heteroatoms. The molecule has 32 heavy (non-hydrogen) atoms. The first-order chi connectivity index (χ1) is 15.6. The fraction of sp³-hybridized carbons (Fsp3) is 0.286. The molecule has 0 aliphatic carbocycles. The number of ether oxygens (including phenoxy) is 1. The van der Waals surface area contributed by atoms with Crippen molar-refractivity contribution in [2.24, 2.45) is 0 Å². The van der Waals surface area contributed by atoms with Crippen LogP contribution in [0.1, 0.15) is 36.1 Å². The number of hydrogen-bond donors (Lipinski definition) is 0. The van der Waals surface area contributed by atoms with Gasteiger partial charge in [0.15, 0.2) is 0 Å².